The van der Waals surface area contributed by atoms with Crippen LogP contribution in [0.4, 0.5) is 0 Å². The summed E-state index contributed by atoms with van der Waals surface area (Å²) in [6.45, 7) is 11.8. The molecular weight excluding hydrogens is 300 g/mol. The van der Waals surface area contributed by atoms with Crippen LogP contribution in [0.15, 0.2) is 24.3 Å². The van der Waals surface area contributed by atoms with E-state index in [-0.39, 0.29) is 17.8 Å². The quantitative estimate of drug-likeness (QED) is 0.680. The lowest BCUT2D eigenvalue weighted by Gasteiger charge is -2.47. The van der Waals surface area contributed by atoms with Gasteiger partial charge < -0.3 is 9.47 Å². The van der Waals surface area contributed by atoms with E-state index in [4.69, 9.17) is 9.47 Å². The van der Waals surface area contributed by atoms with Gasteiger partial charge in [0.1, 0.15) is 0 Å². The third kappa shape index (κ3) is 2.20. The first-order valence-electron chi connectivity index (χ1n) is 9.28. The number of fused-ring (bicyclic) bond motifs is 4. The van der Waals surface area contributed by atoms with Gasteiger partial charge in [0.2, 0.25) is 0 Å². The minimum absolute atomic E-state index is 0.188. The van der Waals surface area contributed by atoms with Crippen molar-refractivity contribution in [1.29, 1.82) is 0 Å². The molecule has 23 heavy (non-hydrogen) atoms. The van der Waals surface area contributed by atoms with E-state index in [1.54, 1.807) is 5.56 Å². The van der Waals surface area contributed by atoms with Crippen molar-refractivity contribution < 1.29 is 9.47 Å². The molecule has 3 heteroatoms. The lowest BCUT2D eigenvalue weighted by atomic mass is 9.85. The zero-order chi connectivity index (χ0) is 16.8. The van der Waals surface area contributed by atoms with Crippen molar-refractivity contribution >= 4 is 8.07 Å². The molecule has 1 fully saturated rings. The number of rotatable bonds is 5. The van der Waals surface area contributed by atoms with Gasteiger partial charge in [0, 0.05) is 18.6 Å². The van der Waals surface area contributed by atoms with Gasteiger partial charge in [-0.2, -0.15) is 0 Å². The SMILES string of the molecule is CC[Si](CC)(CC)[C@H]1c2ccccc2[C@H]2O[C@@H]1[C@](C)(OC)[C@@H]2C. The van der Waals surface area contributed by atoms with Crippen molar-refractivity contribution in [3.05, 3.63) is 35.4 Å². The predicted octanol–water partition coefficient (Wildman–Crippen LogP) is 5.31. The van der Waals surface area contributed by atoms with Crippen LogP contribution in [-0.2, 0) is 9.47 Å². The molecule has 128 valence electrons. The Labute approximate surface area is 142 Å². The fourth-order valence-corrected chi connectivity index (χ4v) is 10.1. The summed E-state index contributed by atoms with van der Waals surface area (Å²) in [7, 11) is 0.406. The second kappa shape index (κ2) is 6.02. The highest BCUT2D eigenvalue weighted by Crippen LogP contribution is 2.59. The summed E-state index contributed by atoms with van der Waals surface area (Å²) >= 11 is 0. The van der Waals surface area contributed by atoms with Crippen molar-refractivity contribution in [2.75, 3.05) is 7.11 Å². The molecule has 2 bridgehead atoms. The van der Waals surface area contributed by atoms with Gasteiger partial charge in [-0.05, 0) is 18.1 Å². The summed E-state index contributed by atoms with van der Waals surface area (Å²) in [4.78, 5) is 0. The van der Waals surface area contributed by atoms with E-state index in [1.807, 2.05) is 7.11 Å². The lowest BCUT2D eigenvalue weighted by molar-refractivity contribution is -0.0768. The summed E-state index contributed by atoms with van der Waals surface area (Å²) in [6.07, 6.45) is 0.392. The van der Waals surface area contributed by atoms with Gasteiger partial charge in [-0.15, -0.1) is 0 Å². The highest BCUT2D eigenvalue weighted by molar-refractivity contribution is 6.81. The van der Waals surface area contributed by atoms with Crippen LogP contribution in [0.25, 0.3) is 0 Å². The topological polar surface area (TPSA) is 18.5 Å². The Morgan fingerprint density at radius 3 is 2.17 bits per heavy atom. The van der Waals surface area contributed by atoms with Crippen molar-refractivity contribution in [3.8, 4) is 0 Å². The zero-order valence-corrected chi connectivity index (χ0v) is 16.6. The van der Waals surface area contributed by atoms with E-state index in [9.17, 15) is 0 Å². The molecule has 0 aliphatic carbocycles. The van der Waals surface area contributed by atoms with Crippen LogP contribution in [0.3, 0.4) is 0 Å². The maximum Gasteiger partial charge on any atom is 0.0968 e. The molecule has 0 amide bonds. The molecule has 1 aromatic carbocycles. The Bertz CT molecular complexity index is 560. The molecule has 1 aromatic rings. The smallest absolute Gasteiger partial charge is 0.0968 e. The molecule has 0 N–H and O–H groups in total. The molecule has 5 atom stereocenters. The Morgan fingerprint density at radius 2 is 1.65 bits per heavy atom. The zero-order valence-electron chi connectivity index (χ0n) is 15.6. The standard InChI is InChI=1S/C20H32O2Si/c1-7-23(8-2,9-3)18-16-13-11-10-12-15(16)17-14(4)20(5,21-6)19(18)22-17/h10-14,17-19H,7-9H2,1-6H3/t14-,17+,18+,19+,20-/m1/s1. The van der Waals surface area contributed by atoms with E-state index in [0.29, 0.717) is 11.5 Å². The molecule has 1 saturated heterocycles. The van der Waals surface area contributed by atoms with Crippen LogP contribution in [0.1, 0.15) is 57.4 Å². The molecule has 0 saturated carbocycles. The van der Waals surface area contributed by atoms with Gasteiger partial charge in [0.05, 0.1) is 25.9 Å². The second-order valence-corrected chi connectivity index (χ2v) is 13.2. The largest absolute Gasteiger partial charge is 0.375 e. The Balaban J connectivity index is 2.22. The van der Waals surface area contributed by atoms with Crippen LogP contribution < -0.4 is 0 Å². The molecule has 2 aliphatic heterocycles. The van der Waals surface area contributed by atoms with E-state index in [1.165, 1.54) is 23.7 Å². The number of methoxy groups -OCH3 is 1. The Kier molecular flexibility index (Phi) is 4.50. The monoisotopic (exact) mass is 332 g/mol. The van der Waals surface area contributed by atoms with Crippen molar-refractivity contribution in [1.82, 2.24) is 0 Å². The van der Waals surface area contributed by atoms with Gasteiger partial charge in [-0.25, -0.2) is 0 Å². The number of ether oxygens (including phenoxy) is 2. The average Bonchev–Trinajstić information content (AvgIpc) is 2.82. The minimum atomic E-state index is -1.46. The van der Waals surface area contributed by atoms with E-state index in [2.05, 4.69) is 58.9 Å². The summed E-state index contributed by atoms with van der Waals surface area (Å²) in [5, 5.41) is 0. The van der Waals surface area contributed by atoms with Crippen LogP contribution in [0.5, 0.6) is 0 Å². The molecular formula is C20H32O2Si. The van der Waals surface area contributed by atoms with E-state index in [0.717, 1.165) is 0 Å². The number of benzene rings is 1. The second-order valence-electron chi connectivity index (χ2n) is 7.68. The van der Waals surface area contributed by atoms with Crippen LogP contribution in [0, 0.1) is 5.92 Å². The molecule has 0 aromatic heterocycles. The van der Waals surface area contributed by atoms with Gasteiger partial charge >= 0.3 is 0 Å². The highest BCUT2D eigenvalue weighted by Gasteiger charge is 2.62. The maximum atomic E-state index is 6.68. The normalized spacial score (nSPS) is 36.1. The van der Waals surface area contributed by atoms with Gasteiger partial charge in [0.25, 0.3) is 0 Å². The number of hydrogen-bond acceptors (Lipinski definition) is 2. The fraction of sp³-hybridized carbons (Fsp3) is 0.700. The molecule has 2 aliphatic rings. The lowest BCUT2D eigenvalue weighted by Crippen LogP contribution is -2.54. The first-order valence-corrected chi connectivity index (χ1v) is 12.0. The molecule has 0 radical (unpaired) electrons. The fourth-order valence-electron chi connectivity index (χ4n) is 5.30. The Hall–Kier alpha value is -0.643. The third-order valence-electron chi connectivity index (χ3n) is 7.37. The van der Waals surface area contributed by atoms with Crippen LogP contribution >= 0.6 is 0 Å². The van der Waals surface area contributed by atoms with Crippen molar-refractivity contribution in [2.24, 2.45) is 5.92 Å². The maximum absolute atomic E-state index is 6.68. The first-order chi connectivity index (χ1) is 11.0. The minimum Gasteiger partial charge on any atom is -0.375 e. The predicted molar refractivity (Wildman–Crippen MR) is 98.6 cm³/mol. The summed E-state index contributed by atoms with van der Waals surface area (Å²) in [5.41, 5.74) is 3.35. The molecule has 0 spiro atoms. The van der Waals surface area contributed by atoms with Crippen molar-refractivity contribution in [3.63, 3.8) is 0 Å². The molecule has 0 unspecified atom stereocenters. The Morgan fingerprint density at radius 1 is 1.09 bits per heavy atom. The molecule has 2 heterocycles. The van der Waals surface area contributed by atoms with Crippen molar-refractivity contribution in [2.45, 2.75) is 76.1 Å². The molecule has 3 rings (SSSR count). The average molecular weight is 333 g/mol. The summed E-state index contributed by atoms with van der Waals surface area (Å²) < 4.78 is 12.8. The highest BCUT2D eigenvalue weighted by atomic mass is 28.3. The first kappa shape index (κ1) is 17.2. The van der Waals surface area contributed by atoms with Gasteiger partial charge in [-0.1, -0.05) is 70.1 Å². The summed E-state index contributed by atoms with van der Waals surface area (Å²) in [5.74, 6) is 0.390. The van der Waals surface area contributed by atoms with Crippen LogP contribution in [0.2, 0.25) is 18.1 Å². The van der Waals surface area contributed by atoms with Crippen LogP contribution in [-0.4, -0.2) is 26.9 Å². The van der Waals surface area contributed by atoms with Gasteiger partial charge in [0.15, 0.2) is 0 Å². The number of hydrogen-bond donors (Lipinski definition) is 0. The van der Waals surface area contributed by atoms with E-state index >= 15 is 0 Å². The summed E-state index contributed by atoms with van der Waals surface area (Å²) in [6, 6.07) is 13.0. The third-order valence-corrected chi connectivity index (χ3v) is 13.5. The molecule has 2 nitrogen and oxygen atoms in total. The van der Waals surface area contributed by atoms with Gasteiger partial charge in [-0.3, -0.25) is 0 Å². The van der Waals surface area contributed by atoms with E-state index < -0.39 is 8.07 Å².